The van der Waals surface area contributed by atoms with E-state index in [9.17, 15) is 9.90 Å². The smallest absolute Gasteiger partial charge is 0.271 e. The van der Waals surface area contributed by atoms with Crippen LogP contribution in [0.1, 0.15) is 34.5 Å². The second kappa shape index (κ2) is 11.6. The number of nitrogens with one attached hydrogen (secondary N) is 2. The highest BCUT2D eigenvalue weighted by Gasteiger charge is 2.35. The lowest BCUT2D eigenvalue weighted by atomic mass is 9.89. The first kappa shape index (κ1) is 27.9. The van der Waals surface area contributed by atoms with Crippen LogP contribution in [-0.2, 0) is 17.7 Å². The molecule has 3 N–H and O–H groups in total. The van der Waals surface area contributed by atoms with Gasteiger partial charge in [0.05, 0.1) is 36.8 Å². The zero-order chi connectivity index (χ0) is 30.2. The van der Waals surface area contributed by atoms with Crippen molar-refractivity contribution in [1.82, 2.24) is 24.9 Å². The van der Waals surface area contributed by atoms with Gasteiger partial charge in [0.2, 0.25) is 0 Å². The molecule has 5 heterocycles. The molecule has 2 aliphatic heterocycles. The number of nitrogens with zero attached hydrogens (tertiary/aromatic N) is 6. The first-order valence-corrected chi connectivity index (χ1v) is 14.7. The molecule has 3 aromatic heterocycles. The minimum absolute atomic E-state index is 0.00221. The van der Waals surface area contributed by atoms with E-state index in [0.717, 1.165) is 42.0 Å². The van der Waals surface area contributed by atoms with Gasteiger partial charge in [0.15, 0.2) is 23.4 Å². The van der Waals surface area contributed by atoms with E-state index >= 15 is 0 Å². The van der Waals surface area contributed by atoms with Crippen LogP contribution in [0, 0.1) is 0 Å². The molecule has 0 spiro atoms. The first-order chi connectivity index (χ1) is 21.5. The molecule has 4 aromatic rings. The molecule has 3 aliphatic rings. The van der Waals surface area contributed by atoms with Gasteiger partial charge in [-0.15, -0.1) is 5.10 Å². The molecule has 1 saturated carbocycles. The lowest BCUT2D eigenvalue weighted by molar-refractivity contribution is 0.00718. The Morgan fingerprint density at radius 3 is 2.70 bits per heavy atom. The van der Waals surface area contributed by atoms with Crippen molar-refractivity contribution >= 4 is 28.9 Å². The molecule has 0 bridgehead atoms. The van der Waals surface area contributed by atoms with E-state index < -0.39 is 6.23 Å². The third kappa shape index (κ3) is 5.01. The van der Waals surface area contributed by atoms with Crippen LogP contribution in [-0.4, -0.2) is 69.7 Å². The monoisotopic (exact) mass is 594 g/mol. The number of allylic oxidation sites excluding steroid dienone is 2. The van der Waals surface area contributed by atoms with Crippen LogP contribution in [0.3, 0.4) is 0 Å². The fourth-order valence-electron chi connectivity index (χ4n) is 5.98. The Morgan fingerprint density at radius 2 is 1.98 bits per heavy atom. The predicted octanol–water partition coefficient (Wildman–Crippen LogP) is 3.25. The molecular weight excluding hydrogens is 560 g/mol. The zero-order valence-corrected chi connectivity index (χ0v) is 24.6. The number of amides is 1. The maximum absolute atomic E-state index is 13.5. The Hall–Kier alpha value is -4.94. The number of aromatic nitrogens is 4. The van der Waals surface area contributed by atoms with Gasteiger partial charge in [-0.2, -0.15) is 0 Å². The Balaban J connectivity index is 1.25. The van der Waals surface area contributed by atoms with Crippen molar-refractivity contribution in [3.8, 4) is 5.75 Å². The van der Waals surface area contributed by atoms with Crippen molar-refractivity contribution in [2.75, 3.05) is 35.9 Å². The number of rotatable bonds is 9. The van der Waals surface area contributed by atoms with Crippen molar-refractivity contribution in [2.24, 2.45) is 0 Å². The van der Waals surface area contributed by atoms with Crippen molar-refractivity contribution in [3.05, 3.63) is 95.7 Å². The fourth-order valence-corrected chi connectivity index (χ4v) is 5.98. The van der Waals surface area contributed by atoms with Crippen LogP contribution >= 0.6 is 0 Å². The van der Waals surface area contributed by atoms with E-state index in [1.165, 1.54) is 0 Å². The van der Waals surface area contributed by atoms with Crippen LogP contribution in [0.2, 0.25) is 0 Å². The van der Waals surface area contributed by atoms with Gasteiger partial charge in [-0.25, -0.2) is 14.5 Å². The molecule has 12 nitrogen and oxygen atoms in total. The number of carbonyl (C=O) groups is 1. The minimum atomic E-state index is -1.02. The van der Waals surface area contributed by atoms with Crippen molar-refractivity contribution in [1.29, 1.82) is 0 Å². The second-order valence-electron chi connectivity index (χ2n) is 11.1. The summed E-state index contributed by atoms with van der Waals surface area (Å²) < 4.78 is 12.4. The van der Waals surface area contributed by atoms with Gasteiger partial charge < -0.3 is 35.0 Å². The van der Waals surface area contributed by atoms with Crippen LogP contribution in [0.25, 0.3) is 5.65 Å². The predicted molar refractivity (Wildman–Crippen MR) is 166 cm³/mol. The lowest BCUT2D eigenvalue weighted by Gasteiger charge is -2.35. The molecule has 1 unspecified atom stereocenters. The van der Waals surface area contributed by atoms with E-state index in [0.29, 0.717) is 41.6 Å². The molecule has 1 amide bonds. The standard InChI is InChI=1S/C32H34N8O4/c1-43-21-10-8-20(9-11-21)19-38-17-14-22-28(38)30-34-18-25(31(41)36-23-12-13-26(23)44-2)40(30)37-29(22)35-24-6-5-16-39(32(24)42)27-7-3-4-15-33-27/h3-11,15-16,18,23,26,32,42H,12-14,17,19H2,1-2H3,(H,35,37)(H,36,41)/t23-,26-,32?/m1/s1. The Labute approximate surface area is 254 Å². The number of aliphatic hydroxyl groups excluding tert-OH is 1. The lowest BCUT2D eigenvalue weighted by Crippen LogP contribution is -2.51. The second-order valence-corrected chi connectivity index (χ2v) is 11.1. The van der Waals surface area contributed by atoms with E-state index in [2.05, 4.69) is 20.5 Å². The SMILES string of the molecule is COc1ccc(CN2CCc3c(NC4=CC=CN(c5ccccn5)C4O)nn4c(C(=O)N[C@@H]5CC[C@H]5OC)cnc4c32)cc1. The number of carbonyl (C=O) groups excluding carboxylic acids is 1. The summed E-state index contributed by atoms with van der Waals surface area (Å²) in [6.45, 7) is 1.38. The summed E-state index contributed by atoms with van der Waals surface area (Å²) in [5.41, 5.74) is 4.45. The maximum Gasteiger partial charge on any atom is 0.271 e. The highest BCUT2D eigenvalue weighted by Crippen LogP contribution is 2.38. The number of aliphatic hydroxyl groups is 1. The van der Waals surface area contributed by atoms with Crippen molar-refractivity contribution in [3.63, 3.8) is 0 Å². The fraction of sp³-hybridized carbons (Fsp3) is 0.312. The number of ether oxygens (including phenoxy) is 2. The molecule has 0 saturated heterocycles. The number of methoxy groups -OCH3 is 2. The average molecular weight is 595 g/mol. The summed E-state index contributed by atoms with van der Waals surface area (Å²) >= 11 is 0. The highest BCUT2D eigenvalue weighted by atomic mass is 16.5. The molecule has 12 heteroatoms. The highest BCUT2D eigenvalue weighted by molar-refractivity contribution is 5.95. The molecular formula is C32H34N8O4. The van der Waals surface area contributed by atoms with Crippen molar-refractivity contribution < 1.29 is 19.4 Å². The summed E-state index contributed by atoms with van der Waals surface area (Å²) in [6, 6.07) is 13.5. The minimum Gasteiger partial charge on any atom is -0.497 e. The number of hydrogen-bond donors (Lipinski definition) is 3. The van der Waals surface area contributed by atoms with Gasteiger partial charge in [-0.1, -0.05) is 18.2 Å². The zero-order valence-electron chi connectivity index (χ0n) is 24.6. The van der Waals surface area contributed by atoms with Gasteiger partial charge in [-0.3, -0.25) is 4.79 Å². The third-order valence-corrected chi connectivity index (χ3v) is 8.51. The van der Waals surface area contributed by atoms with E-state index in [1.54, 1.807) is 42.2 Å². The molecule has 3 atom stereocenters. The molecule has 44 heavy (non-hydrogen) atoms. The summed E-state index contributed by atoms with van der Waals surface area (Å²) in [6.07, 6.45) is 10.2. The number of fused-ring (bicyclic) bond motifs is 3. The molecule has 1 fully saturated rings. The van der Waals surface area contributed by atoms with E-state index in [-0.39, 0.29) is 18.1 Å². The van der Waals surface area contributed by atoms with Gasteiger partial charge in [0.25, 0.3) is 5.91 Å². The summed E-state index contributed by atoms with van der Waals surface area (Å²) in [7, 11) is 3.32. The van der Waals surface area contributed by atoms with Crippen molar-refractivity contribution in [2.45, 2.75) is 44.2 Å². The average Bonchev–Trinajstić information content (AvgIpc) is 3.66. The number of hydrogen-bond acceptors (Lipinski definition) is 10. The van der Waals surface area contributed by atoms with E-state index in [1.807, 2.05) is 54.6 Å². The van der Waals surface area contributed by atoms with Gasteiger partial charge >= 0.3 is 0 Å². The number of imidazole rings is 1. The number of pyridine rings is 1. The Morgan fingerprint density at radius 1 is 1.11 bits per heavy atom. The normalized spacial score (nSPS) is 20.7. The maximum atomic E-state index is 13.5. The molecule has 7 rings (SSSR count). The molecule has 226 valence electrons. The first-order valence-electron chi connectivity index (χ1n) is 14.7. The Kier molecular flexibility index (Phi) is 7.36. The van der Waals surface area contributed by atoms with Gasteiger partial charge in [-0.05, 0) is 61.2 Å². The van der Waals surface area contributed by atoms with Crippen LogP contribution in [0.4, 0.5) is 17.3 Å². The van der Waals surface area contributed by atoms with Gasteiger partial charge in [0, 0.05) is 38.2 Å². The summed E-state index contributed by atoms with van der Waals surface area (Å²) in [5.74, 6) is 1.70. The molecule has 1 aliphatic carbocycles. The van der Waals surface area contributed by atoms with Crippen LogP contribution in [0.15, 0.2) is 78.9 Å². The number of benzene rings is 1. The summed E-state index contributed by atoms with van der Waals surface area (Å²) in [5, 5.41) is 22.7. The quantitative estimate of drug-likeness (QED) is 0.266. The third-order valence-electron chi connectivity index (χ3n) is 8.51. The van der Waals surface area contributed by atoms with Crippen LogP contribution < -0.4 is 25.2 Å². The topological polar surface area (TPSA) is 129 Å². The van der Waals surface area contributed by atoms with Gasteiger partial charge in [0.1, 0.15) is 11.6 Å². The molecule has 0 radical (unpaired) electrons. The molecule has 1 aromatic carbocycles. The Bertz CT molecular complexity index is 1730. The summed E-state index contributed by atoms with van der Waals surface area (Å²) in [4.78, 5) is 26.5. The van der Waals surface area contributed by atoms with Crippen LogP contribution in [0.5, 0.6) is 5.75 Å². The largest absolute Gasteiger partial charge is 0.497 e. The number of anilines is 3. The van der Waals surface area contributed by atoms with E-state index in [4.69, 9.17) is 19.6 Å².